The minimum atomic E-state index is -0.357. The first-order valence-corrected chi connectivity index (χ1v) is 5.35. The van der Waals surface area contributed by atoms with Gasteiger partial charge in [-0.25, -0.2) is 9.18 Å². The Morgan fingerprint density at radius 3 is 2.80 bits per heavy atom. The molecule has 0 unspecified atom stereocenters. The average molecular weight is 275 g/mol. The van der Waals surface area contributed by atoms with Gasteiger partial charge in [0.1, 0.15) is 5.82 Å². The molecule has 0 atom stereocenters. The Kier molecular flexibility index (Phi) is 4.08. The molecular weight excluding hydrogens is 263 g/mol. The van der Waals surface area contributed by atoms with E-state index < -0.39 is 0 Å². The molecule has 2 N–H and O–H groups in total. The summed E-state index contributed by atoms with van der Waals surface area (Å²) in [4.78, 5) is 11.2. The molecule has 0 fully saturated rings. The monoisotopic (exact) mass is 274 g/mol. The first-order valence-electron chi connectivity index (χ1n) is 4.55. The highest BCUT2D eigenvalue weighted by Gasteiger charge is 2.09. The smallest absolute Gasteiger partial charge is 0.319 e. The molecule has 5 heteroatoms. The van der Waals surface area contributed by atoms with Gasteiger partial charge in [0.2, 0.25) is 0 Å². The molecule has 0 heterocycles. The quantitative estimate of drug-likeness (QED) is 0.855. The highest BCUT2D eigenvalue weighted by atomic mass is 79.9. The number of benzene rings is 1. The van der Waals surface area contributed by atoms with E-state index in [1.165, 1.54) is 0 Å². The van der Waals surface area contributed by atoms with Gasteiger partial charge in [-0.3, -0.25) is 0 Å². The lowest BCUT2D eigenvalue weighted by atomic mass is 10.2. The summed E-state index contributed by atoms with van der Waals surface area (Å²) < 4.78 is 13.8. The van der Waals surface area contributed by atoms with Crippen LogP contribution in [0.15, 0.2) is 16.6 Å². The van der Waals surface area contributed by atoms with Gasteiger partial charge in [0, 0.05) is 17.8 Å². The van der Waals surface area contributed by atoms with E-state index in [0.29, 0.717) is 22.3 Å². The van der Waals surface area contributed by atoms with Crippen molar-refractivity contribution >= 4 is 27.6 Å². The Morgan fingerprint density at radius 1 is 1.53 bits per heavy atom. The second-order valence-corrected chi connectivity index (χ2v) is 3.87. The van der Waals surface area contributed by atoms with E-state index in [4.69, 9.17) is 0 Å². The summed E-state index contributed by atoms with van der Waals surface area (Å²) in [6.45, 7) is 3.96. The van der Waals surface area contributed by atoms with Crippen molar-refractivity contribution in [3.63, 3.8) is 0 Å². The third kappa shape index (κ3) is 2.92. The minimum absolute atomic E-state index is 0.331. The zero-order valence-corrected chi connectivity index (χ0v) is 10.1. The molecule has 1 rings (SSSR count). The number of hydrogen-bond acceptors (Lipinski definition) is 1. The maximum Gasteiger partial charge on any atom is 0.319 e. The summed E-state index contributed by atoms with van der Waals surface area (Å²) in [6.07, 6.45) is 0. The van der Waals surface area contributed by atoms with Gasteiger partial charge in [-0.2, -0.15) is 0 Å². The van der Waals surface area contributed by atoms with Crippen LogP contribution in [0, 0.1) is 12.7 Å². The predicted molar refractivity (Wildman–Crippen MR) is 61.5 cm³/mol. The van der Waals surface area contributed by atoms with E-state index in [0.717, 1.165) is 0 Å². The van der Waals surface area contributed by atoms with Gasteiger partial charge in [-0.15, -0.1) is 0 Å². The largest absolute Gasteiger partial charge is 0.338 e. The van der Waals surface area contributed by atoms with Crippen molar-refractivity contribution in [1.29, 1.82) is 0 Å². The number of rotatable bonds is 2. The SMILES string of the molecule is CCNC(=O)Nc1ccc(Br)c(F)c1C. The summed E-state index contributed by atoms with van der Waals surface area (Å²) in [5.41, 5.74) is 0.886. The van der Waals surface area contributed by atoms with Gasteiger partial charge >= 0.3 is 6.03 Å². The van der Waals surface area contributed by atoms with Crippen molar-refractivity contribution in [3.8, 4) is 0 Å². The van der Waals surface area contributed by atoms with Crippen LogP contribution in [0.2, 0.25) is 0 Å². The fraction of sp³-hybridized carbons (Fsp3) is 0.300. The van der Waals surface area contributed by atoms with E-state index >= 15 is 0 Å². The Labute approximate surface area is 96.2 Å². The van der Waals surface area contributed by atoms with Crippen LogP contribution >= 0.6 is 15.9 Å². The molecule has 2 amide bonds. The van der Waals surface area contributed by atoms with Crippen LogP contribution in [0.3, 0.4) is 0 Å². The van der Waals surface area contributed by atoms with Crippen molar-refractivity contribution in [3.05, 3.63) is 28.0 Å². The summed E-state index contributed by atoms with van der Waals surface area (Å²) in [6, 6.07) is 2.88. The molecule has 0 saturated carbocycles. The van der Waals surface area contributed by atoms with Crippen LogP contribution in [0.5, 0.6) is 0 Å². The minimum Gasteiger partial charge on any atom is -0.338 e. The normalized spacial score (nSPS) is 9.87. The van der Waals surface area contributed by atoms with Crippen molar-refractivity contribution in [2.75, 3.05) is 11.9 Å². The van der Waals surface area contributed by atoms with Crippen molar-refractivity contribution in [1.82, 2.24) is 5.32 Å². The molecule has 0 aliphatic heterocycles. The zero-order valence-electron chi connectivity index (χ0n) is 8.53. The second-order valence-electron chi connectivity index (χ2n) is 3.02. The summed E-state index contributed by atoms with van der Waals surface area (Å²) in [5.74, 6) is -0.357. The molecule has 1 aromatic rings. The molecule has 82 valence electrons. The molecule has 0 aromatic heterocycles. The third-order valence-electron chi connectivity index (χ3n) is 1.92. The van der Waals surface area contributed by atoms with Gasteiger partial charge in [0.05, 0.1) is 4.47 Å². The average Bonchev–Trinajstić information content (AvgIpc) is 2.20. The number of carbonyl (C=O) groups excluding carboxylic acids is 1. The fourth-order valence-corrected chi connectivity index (χ4v) is 1.54. The third-order valence-corrected chi connectivity index (χ3v) is 2.54. The number of nitrogens with one attached hydrogen (secondary N) is 2. The van der Waals surface area contributed by atoms with E-state index in [-0.39, 0.29) is 11.8 Å². The molecular formula is C10H12BrFN2O. The standard InChI is InChI=1S/C10H12BrFN2O/c1-3-13-10(15)14-8-5-4-7(11)9(12)6(8)2/h4-5H,3H2,1-2H3,(H2,13,14,15). The van der Waals surface area contributed by atoms with Crippen molar-refractivity contribution in [2.45, 2.75) is 13.8 Å². The summed E-state index contributed by atoms with van der Waals surface area (Å²) in [7, 11) is 0. The van der Waals surface area contributed by atoms with Gasteiger partial charge in [0.15, 0.2) is 0 Å². The topological polar surface area (TPSA) is 41.1 Å². The van der Waals surface area contributed by atoms with Crippen LogP contribution in [-0.4, -0.2) is 12.6 Å². The number of carbonyl (C=O) groups is 1. The molecule has 0 aliphatic carbocycles. The van der Waals surface area contributed by atoms with Gasteiger partial charge < -0.3 is 10.6 Å². The number of halogens is 2. The molecule has 0 aliphatic rings. The van der Waals surface area contributed by atoms with Gasteiger partial charge in [-0.1, -0.05) is 0 Å². The maximum absolute atomic E-state index is 13.4. The Hall–Kier alpha value is -1.10. The molecule has 3 nitrogen and oxygen atoms in total. The first kappa shape index (κ1) is 12.0. The second kappa shape index (κ2) is 5.11. The molecule has 0 saturated heterocycles. The Balaban J connectivity index is 2.87. The maximum atomic E-state index is 13.4. The van der Waals surface area contributed by atoms with Crippen LogP contribution < -0.4 is 10.6 Å². The lowest BCUT2D eigenvalue weighted by Crippen LogP contribution is -2.28. The summed E-state index contributed by atoms with van der Waals surface area (Å²) in [5, 5.41) is 5.14. The molecule has 0 bridgehead atoms. The zero-order chi connectivity index (χ0) is 11.4. The van der Waals surface area contributed by atoms with E-state index in [9.17, 15) is 9.18 Å². The Bertz CT molecular complexity index is 382. The number of amides is 2. The van der Waals surface area contributed by atoms with E-state index in [2.05, 4.69) is 26.6 Å². The molecule has 1 aromatic carbocycles. The van der Waals surface area contributed by atoms with Crippen molar-refractivity contribution in [2.24, 2.45) is 0 Å². The van der Waals surface area contributed by atoms with Crippen LogP contribution in [0.25, 0.3) is 0 Å². The lowest BCUT2D eigenvalue weighted by Gasteiger charge is -2.10. The highest BCUT2D eigenvalue weighted by molar-refractivity contribution is 9.10. The number of urea groups is 1. The molecule has 15 heavy (non-hydrogen) atoms. The molecule has 0 radical (unpaired) electrons. The highest BCUT2D eigenvalue weighted by Crippen LogP contribution is 2.24. The molecule has 0 spiro atoms. The summed E-state index contributed by atoms with van der Waals surface area (Å²) >= 11 is 3.07. The van der Waals surface area contributed by atoms with Gasteiger partial charge in [0.25, 0.3) is 0 Å². The first-order chi connectivity index (χ1) is 7.06. The van der Waals surface area contributed by atoms with Crippen LogP contribution in [-0.2, 0) is 0 Å². The predicted octanol–water partition coefficient (Wildman–Crippen LogP) is 3.04. The van der Waals surface area contributed by atoms with E-state index in [1.54, 1.807) is 19.1 Å². The van der Waals surface area contributed by atoms with Crippen LogP contribution in [0.1, 0.15) is 12.5 Å². The van der Waals surface area contributed by atoms with Gasteiger partial charge in [-0.05, 0) is 41.9 Å². The van der Waals surface area contributed by atoms with Crippen LogP contribution in [0.4, 0.5) is 14.9 Å². The fourth-order valence-electron chi connectivity index (χ4n) is 1.11. The number of anilines is 1. The van der Waals surface area contributed by atoms with Crippen molar-refractivity contribution < 1.29 is 9.18 Å². The Morgan fingerprint density at radius 2 is 2.20 bits per heavy atom. The number of hydrogen-bond donors (Lipinski definition) is 2. The lowest BCUT2D eigenvalue weighted by molar-refractivity contribution is 0.252. The van der Waals surface area contributed by atoms with E-state index in [1.807, 2.05) is 6.92 Å².